The van der Waals surface area contributed by atoms with Gasteiger partial charge >= 0.3 is 0 Å². The SMILES string of the molecule is CCC(CN1C(=S)C(C)(C)C=C2C=C(OC)C=CC21)C1=C2C=C(OC)C=CC2NC(=S)C1(C)C. The molecule has 3 atom stereocenters. The zero-order chi connectivity index (χ0) is 24.8. The smallest absolute Gasteiger partial charge is 0.118 e. The number of hydrogen-bond acceptors (Lipinski definition) is 4. The molecule has 0 spiro atoms. The third-order valence-electron chi connectivity index (χ3n) is 7.48. The predicted molar refractivity (Wildman–Crippen MR) is 148 cm³/mol. The zero-order valence-electron chi connectivity index (χ0n) is 21.3. The van der Waals surface area contributed by atoms with Crippen molar-refractivity contribution in [1.29, 1.82) is 0 Å². The van der Waals surface area contributed by atoms with E-state index in [1.165, 1.54) is 16.7 Å². The third kappa shape index (κ3) is 4.20. The molecule has 0 radical (unpaired) electrons. The van der Waals surface area contributed by atoms with Crippen LogP contribution in [0, 0.1) is 16.7 Å². The number of hydrogen-bond donors (Lipinski definition) is 1. The Labute approximate surface area is 215 Å². The molecule has 4 rings (SSSR count). The van der Waals surface area contributed by atoms with Crippen LogP contribution in [-0.2, 0) is 9.47 Å². The Balaban J connectivity index is 1.78. The molecule has 0 aromatic rings. The Bertz CT molecular complexity index is 1090. The summed E-state index contributed by atoms with van der Waals surface area (Å²) in [5.41, 5.74) is 3.41. The van der Waals surface area contributed by atoms with Crippen molar-refractivity contribution in [3.05, 3.63) is 70.8 Å². The van der Waals surface area contributed by atoms with E-state index in [-0.39, 0.29) is 28.8 Å². The fourth-order valence-corrected chi connectivity index (χ4v) is 6.08. The highest BCUT2D eigenvalue weighted by atomic mass is 32.1. The number of methoxy groups -OCH3 is 2. The number of allylic oxidation sites excluding steroid dienone is 2. The van der Waals surface area contributed by atoms with Gasteiger partial charge in [-0.1, -0.05) is 49.6 Å². The van der Waals surface area contributed by atoms with Gasteiger partial charge in [0.05, 0.1) is 36.3 Å². The maximum atomic E-state index is 6.09. The number of nitrogens with zero attached hydrogens (tertiary/aromatic N) is 1. The van der Waals surface area contributed by atoms with Crippen molar-refractivity contribution in [3.63, 3.8) is 0 Å². The highest BCUT2D eigenvalue weighted by Gasteiger charge is 2.44. The minimum Gasteiger partial charge on any atom is -0.497 e. The van der Waals surface area contributed by atoms with Crippen LogP contribution in [0.4, 0.5) is 0 Å². The van der Waals surface area contributed by atoms with Gasteiger partial charge in [-0.15, -0.1) is 0 Å². The normalized spacial score (nSPS) is 27.7. The van der Waals surface area contributed by atoms with Gasteiger partial charge in [-0.25, -0.2) is 0 Å². The lowest BCUT2D eigenvalue weighted by molar-refractivity contribution is 0.279. The summed E-state index contributed by atoms with van der Waals surface area (Å²) in [6.07, 6.45) is 16.0. The molecular formula is C28H36N2O2S2. The number of fused-ring (bicyclic) bond motifs is 2. The molecule has 2 aliphatic heterocycles. The van der Waals surface area contributed by atoms with Gasteiger partial charge in [-0.2, -0.15) is 0 Å². The lowest BCUT2D eigenvalue weighted by Crippen LogP contribution is -2.54. The minimum atomic E-state index is -0.264. The summed E-state index contributed by atoms with van der Waals surface area (Å²) in [5, 5.41) is 3.55. The van der Waals surface area contributed by atoms with Crippen molar-refractivity contribution in [1.82, 2.24) is 10.2 Å². The monoisotopic (exact) mass is 496 g/mol. The van der Waals surface area contributed by atoms with E-state index >= 15 is 0 Å². The average molecular weight is 497 g/mol. The molecule has 0 aromatic heterocycles. The van der Waals surface area contributed by atoms with Crippen molar-refractivity contribution in [2.75, 3.05) is 20.8 Å². The second-order valence-electron chi connectivity index (χ2n) is 10.5. The topological polar surface area (TPSA) is 33.7 Å². The quantitative estimate of drug-likeness (QED) is 0.468. The molecule has 2 heterocycles. The minimum absolute atomic E-state index is 0.0745. The fraction of sp³-hybridized carbons (Fsp3) is 0.500. The molecule has 2 aliphatic carbocycles. The molecule has 0 saturated carbocycles. The molecule has 34 heavy (non-hydrogen) atoms. The Morgan fingerprint density at radius 1 is 1.03 bits per heavy atom. The van der Waals surface area contributed by atoms with E-state index in [1.807, 2.05) is 6.08 Å². The van der Waals surface area contributed by atoms with Crippen molar-refractivity contribution in [2.24, 2.45) is 16.7 Å². The van der Waals surface area contributed by atoms with Gasteiger partial charge in [0, 0.05) is 17.4 Å². The summed E-state index contributed by atoms with van der Waals surface area (Å²) >= 11 is 12.0. The van der Waals surface area contributed by atoms with Crippen molar-refractivity contribution < 1.29 is 9.47 Å². The van der Waals surface area contributed by atoms with Crippen LogP contribution in [-0.4, -0.2) is 47.7 Å². The number of ether oxygens (including phenoxy) is 2. The van der Waals surface area contributed by atoms with Crippen LogP contribution in [0.1, 0.15) is 41.0 Å². The molecule has 182 valence electrons. The maximum absolute atomic E-state index is 6.09. The first-order chi connectivity index (χ1) is 16.0. The first kappa shape index (κ1) is 24.9. The van der Waals surface area contributed by atoms with E-state index in [1.54, 1.807) is 14.2 Å². The molecule has 0 aromatic carbocycles. The van der Waals surface area contributed by atoms with Gasteiger partial charge in [0.2, 0.25) is 0 Å². The van der Waals surface area contributed by atoms with Gasteiger partial charge in [-0.05, 0) is 81.1 Å². The first-order valence-electron chi connectivity index (χ1n) is 12.0. The number of nitrogens with one attached hydrogen (secondary N) is 1. The highest BCUT2D eigenvalue weighted by Crippen LogP contribution is 2.45. The van der Waals surface area contributed by atoms with E-state index in [9.17, 15) is 0 Å². The molecule has 1 N–H and O–H groups in total. The Morgan fingerprint density at radius 2 is 1.68 bits per heavy atom. The van der Waals surface area contributed by atoms with E-state index < -0.39 is 0 Å². The van der Waals surface area contributed by atoms with Crippen molar-refractivity contribution in [2.45, 2.75) is 53.1 Å². The molecule has 4 nitrogen and oxygen atoms in total. The standard InChI is InChI=1S/C28H36N2O2S2/c1-8-17(24-21-14-20(32-7)9-11-22(21)29-25(33)28(24,4)5)16-30-23-12-10-19(31-6)13-18(23)15-27(2,3)26(30)34/h9-15,17,22-23H,8,16H2,1-7H3,(H,29,33). The van der Waals surface area contributed by atoms with Gasteiger partial charge in [0.25, 0.3) is 0 Å². The Kier molecular flexibility index (Phi) is 6.69. The summed E-state index contributed by atoms with van der Waals surface area (Å²) in [6.45, 7) is 12.0. The van der Waals surface area contributed by atoms with E-state index in [4.69, 9.17) is 33.9 Å². The predicted octanol–water partition coefficient (Wildman–Crippen LogP) is 5.80. The summed E-state index contributed by atoms with van der Waals surface area (Å²) in [5.74, 6) is 2.03. The molecular weight excluding hydrogens is 460 g/mol. The van der Waals surface area contributed by atoms with Crippen LogP contribution >= 0.6 is 24.4 Å². The van der Waals surface area contributed by atoms with Crippen LogP contribution in [0.15, 0.2) is 70.8 Å². The van der Waals surface area contributed by atoms with E-state index in [0.29, 0.717) is 0 Å². The lowest BCUT2D eigenvalue weighted by Gasteiger charge is -2.48. The molecule has 0 bridgehead atoms. The summed E-state index contributed by atoms with van der Waals surface area (Å²) < 4.78 is 11.1. The highest BCUT2D eigenvalue weighted by molar-refractivity contribution is 7.80. The van der Waals surface area contributed by atoms with Gasteiger partial charge in [-0.3, -0.25) is 0 Å². The lowest BCUT2D eigenvalue weighted by atomic mass is 9.68. The van der Waals surface area contributed by atoms with Crippen LogP contribution in [0.3, 0.4) is 0 Å². The summed E-state index contributed by atoms with van der Waals surface area (Å²) in [7, 11) is 3.44. The average Bonchev–Trinajstić information content (AvgIpc) is 2.80. The van der Waals surface area contributed by atoms with E-state index in [0.717, 1.165) is 34.5 Å². The summed E-state index contributed by atoms with van der Waals surface area (Å²) in [4.78, 5) is 4.29. The zero-order valence-corrected chi connectivity index (χ0v) is 22.9. The fourth-order valence-electron chi connectivity index (χ4n) is 5.60. The van der Waals surface area contributed by atoms with Crippen molar-refractivity contribution >= 4 is 34.4 Å². The summed E-state index contributed by atoms with van der Waals surface area (Å²) in [6, 6.07) is 0.188. The molecule has 4 aliphatic rings. The second kappa shape index (κ2) is 9.12. The van der Waals surface area contributed by atoms with Crippen LogP contribution in [0.5, 0.6) is 0 Å². The van der Waals surface area contributed by atoms with Crippen molar-refractivity contribution in [3.8, 4) is 0 Å². The molecule has 0 fully saturated rings. The maximum Gasteiger partial charge on any atom is 0.118 e. The number of rotatable bonds is 6. The molecule has 6 heteroatoms. The van der Waals surface area contributed by atoms with Crippen LogP contribution in [0.2, 0.25) is 0 Å². The van der Waals surface area contributed by atoms with Crippen LogP contribution in [0.25, 0.3) is 0 Å². The molecule has 0 amide bonds. The van der Waals surface area contributed by atoms with Gasteiger partial charge in [0.15, 0.2) is 0 Å². The van der Waals surface area contributed by atoms with Gasteiger partial charge in [0.1, 0.15) is 11.5 Å². The Hall–Kier alpha value is -2.18. The second-order valence-corrected chi connectivity index (χ2v) is 11.3. The molecule has 0 saturated heterocycles. The largest absolute Gasteiger partial charge is 0.497 e. The van der Waals surface area contributed by atoms with Crippen LogP contribution < -0.4 is 5.32 Å². The first-order valence-corrected chi connectivity index (χ1v) is 12.8. The molecule has 3 unspecified atom stereocenters. The third-order valence-corrected chi connectivity index (χ3v) is 8.87. The Morgan fingerprint density at radius 3 is 2.32 bits per heavy atom. The number of thiocarbonyl (C=S) groups is 2. The van der Waals surface area contributed by atoms with E-state index in [2.05, 4.69) is 81.3 Å². The van der Waals surface area contributed by atoms with Gasteiger partial charge < -0.3 is 19.7 Å².